The molecule has 2 aromatic carbocycles. The molecule has 1 N–H and O–H groups in total. The predicted molar refractivity (Wildman–Crippen MR) is 121 cm³/mol. The van der Waals surface area contributed by atoms with Crippen molar-refractivity contribution in [3.8, 4) is 11.5 Å². The minimum absolute atomic E-state index is 0.0936. The molecule has 0 bridgehead atoms. The number of methoxy groups -OCH3 is 2. The zero-order valence-corrected chi connectivity index (χ0v) is 18.6. The topological polar surface area (TPSA) is 81.0 Å². The average molecular weight is 437 g/mol. The summed E-state index contributed by atoms with van der Waals surface area (Å²) in [6.45, 7) is 2.98. The van der Waals surface area contributed by atoms with E-state index < -0.39 is 0 Å². The van der Waals surface area contributed by atoms with Gasteiger partial charge in [0.05, 0.1) is 14.2 Å². The van der Waals surface area contributed by atoms with Crippen molar-refractivity contribution in [2.75, 3.05) is 20.8 Å². The van der Waals surface area contributed by atoms with Gasteiger partial charge in [-0.05, 0) is 49.6 Å². The number of hydrogen-bond acceptors (Lipinski definition) is 5. The van der Waals surface area contributed by atoms with Crippen molar-refractivity contribution in [3.63, 3.8) is 0 Å². The Morgan fingerprint density at radius 3 is 2.69 bits per heavy atom. The van der Waals surface area contributed by atoms with Gasteiger partial charge in [0.1, 0.15) is 17.1 Å². The van der Waals surface area contributed by atoms with E-state index in [0.29, 0.717) is 49.4 Å². The second kappa shape index (κ2) is 9.34. The quantitative estimate of drug-likeness (QED) is 0.630. The molecule has 168 valence electrons. The van der Waals surface area contributed by atoms with Crippen LogP contribution in [0.4, 0.5) is 0 Å². The summed E-state index contributed by atoms with van der Waals surface area (Å²) in [7, 11) is 3.22. The van der Waals surface area contributed by atoms with Gasteiger partial charge in [-0.2, -0.15) is 0 Å². The number of aryl methyl sites for hydroxylation is 1. The first-order valence-electron chi connectivity index (χ1n) is 10.8. The van der Waals surface area contributed by atoms with Gasteiger partial charge < -0.3 is 24.1 Å². The van der Waals surface area contributed by atoms with Gasteiger partial charge in [0.2, 0.25) is 5.91 Å². The molecule has 1 atom stereocenters. The van der Waals surface area contributed by atoms with E-state index in [2.05, 4.69) is 5.32 Å². The molecule has 0 aliphatic carbocycles. The van der Waals surface area contributed by atoms with E-state index in [1.807, 2.05) is 48.2 Å². The van der Waals surface area contributed by atoms with Gasteiger partial charge in [0.15, 0.2) is 5.76 Å². The Kier molecular flexibility index (Phi) is 6.35. The van der Waals surface area contributed by atoms with Gasteiger partial charge in [-0.25, -0.2) is 0 Å². The molecule has 2 amide bonds. The summed E-state index contributed by atoms with van der Waals surface area (Å²) in [6.07, 6.45) is 1.69. The van der Waals surface area contributed by atoms with Crippen LogP contribution < -0.4 is 14.8 Å². The maximum atomic E-state index is 12.9. The third-order valence-electron chi connectivity index (χ3n) is 6.00. The van der Waals surface area contributed by atoms with Gasteiger partial charge in [-0.3, -0.25) is 9.59 Å². The molecule has 1 fully saturated rings. The number of carbonyl (C=O) groups is 2. The second-order valence-corrected chi connectivity index (χ2v) is 8.08. The van der Waals surface area contributed by atoms with Crippen LogP contribution in [0.25, 0.3) is 11.0 Å². The van der Waals surface area contributed by atoms with Crippen LogP contribution in [0.1, 0.15) is 40.9 Å². The summed E-state index contributed by atoms with van der Waals surface area (Å²) in [5.41, 5.74) is 2.44. The molecule has 0 spiro atoms. The van der Waals surface area contributed by atoms with Crippen molar-refractivity contribution in [2.45, 2.75) is 38.8 Å². The predicted octanol–water partition coefficient (Wildman–Crippen LogP) is 4.07. The second-order valence-electron chi connectivity index (χ2n) is 8.08. The van der Waals surface area contributed by atoms with Crippen molar-refractivity contribution in [1.29, 1.82) is 0 Å². The van der Waals surface area contributed by atoms with Crippen LogP contribution in [-0.2, 0) is 11.3 Å². The molecule has 1 unspecified atom stereocenters. The fraction of sp³-hybridized carbons (Fsp3) is 0.360. The third-order valence-corrected chi connectivity index (χ3v) is 6.00. The van der Waals surface area contributed by atoms with Crippen LogP contribution in [0.5, 0.6) is 11.5 Å². The molecule has 32 heavy (non-hydrogen) atoms. The average Bonchev–Trinajstić information content (AvgIpc) is 3.05. The summed E-state index contributed by atoms with van der Waals surface area (Å²) < 4.78 is 16.4. The number of ether oxygens (including phenoxy) is 2. The number of furan rings is 1. The third kappa shape index (κ3) is 4.56. The Labute approximate surface area is 187 Å². The standard InChI is InChI=1S/C25H28N2O5/c1-16-21-9-8-20(31-3)14-22(21)32-24(16)25(29)26-18-7-10-23(28)27(12-11-18)15-17-5-4-6-19(13-17)30-2/h4-6,8-9,13-14,18H,7,10-12,15H2,1-3H3,(H,26,29). The number of fused-ring (bicyclic) bond motifs is 1. The van der Waals surface area contributed by atoms with Gasteiger partial charge in [-0.1, -0.05) is 12.1 Å². The molecular weight excluding hydrogens is 408 g/mol. The molecule has 7 nitrogen and oxygen atoms in total. The fourth-order valence-electron chi connectivity index (χ4n) is 4.14. The molecule has 1 saturated heterocycles. The van der Waals surface area contributed by atoms with Crippen LogP contribution in [0, 0.1) is 6.92 Å². The highest BCUT2D eigenvalue weighted by Gasteiger charge is 2.26. The first-order chi connectivity index (χ1) is 15.5. The van der Waals surface area contributed by atoms with Crippen LogP contribution in [0.2, 0.25) is 0 Å². The van der Waals surface area contributed by atoms with E-state index in [-0.39, 0.29) is 17.9 Å². The molecule has 0 saturated carbocycles. The van der Waals surface area contributed by atoms with Gasteiger partial charge in [0.25, 0.3) is 5.91 Å². The van der Waals surface area contributed by atoms with Gasteiger partial charge >= 0.3 is 0 Å². The van der Waals surface area contributed by atoms with E-state index in [9.17, 15) is 9.59 Å². The number of amides is 2. The minimum Gasteiger partial charge on any atom is -0.497 e. The molecule has 1 aromatic heterocycles. The molecule has 2 heterocycles. The zero-order chi connectivity index (χ0) is 22.7. The first kappa shape index (κ1) is 21.7. The Morgan fingerprint density at radius 1 is 1.12 bits per heavy atom. The normalized spacial score (nSPS) is 16.7. The maximum Gasteiger partial charge on any atom is 0.287 e. The fourth-order valence-corrected chi connectivity index (χ4v) is 4.14. The maximum absolute atomic E-state index is 12.9. The van der Waals surface area contributed by atoms with E-state index >= 15 is 0 Å². The Hall–Kier alpha value is -3.48. The number of carbonyl (C=O) groups excluding carboxylic acids is 2. The van der Waals surface area contributed by atoms with Crippen LogP contribution in [0.15, 0.2) is 46.9 Å². The van der Waals surface area contributed by atoms with E-state index in [4.69, 9.17) is 13.9 Å². The van der Waals surface area contributed by atoms with Crippen LogP contribution in [0.3, 0.4) is 0 Å². The number of benzene rings is 2. The molecule has 3 aromatic rings. The Bertz CT molecular complexity index is 1140. The van der Waals surface area contributed by atoms with Crippen molar-refractivity contribution >= 4 is 22.8 Å². The van der Waals surface area contributed by atoms with E-state index in [1.54, 1.807) is 20.3 Å². The lowest BCUT2D eigenvalue weighted by molar-refractivity contribution is -0.131. The molecular formula is C25H28N2O5. The van der Waals surface area contributed by atoms with Crippen molar-refractivity contribution in [1.82, 2.24) is 10.2 Å². The summed E-state index contributed by atoms with van der Waals surface area (Å²) >= 11 is 0. The molecule has 0 radical (unpaired) electrons. The molecule has 1 aliphatic heterocycles. The van der Waals surface area contributed by atoms with Crippen LogP contribution in [-0.4, -0.2) is 43.5 Å². The lowest BCUT2D eigenvalue weighted by Gasteiger charge is -2.21. The Balaban J connectivity index is 1.42. The summed E-state index contributed by atoms with van der Waals surface area (Å²) in [4.78, 5) is 27.5. The highest BCUT2D eigenvalue weighted by Crippen LogP contribution is 2.29. The lowest BCUT2D eigenvalue weighted by atomic mass is 10.1. The van der Waals surface area contributed by atoms with Crippen molar-refractivity contribution in [3.05, 3.63) is 59.4 Å². The number of likely N-dealkylation sites (tertiary alicyclic amines) is 1. The van der Waals surface area contributed by atoms with Crippen molar-refractivity contribution in [2.24, 2.45) is 0 Å². The SMILES string of the molecule is COc1cccc(CN2CCC(NC(=O)c3oc4cc(OC)ccc4c3C)CCC2=O)c1. The zero-order valence-electron chi connectivity index (χ0n) is 18.6. The van der Waals surface area contributed by atoms with E-state index in [1.165, 1.54) is 0 Å². The highest BCUT2D eigenvalue weighted by molar-refractivity contribution is 5.99. The monoisotopic (exact) mass is 436 g/mol. The summed E-state index contributed by atoms with van der Waals surface area (Å²) in [5, 5.41) is 3.95. The van der Waals surface area contributed by atoms with Gasteiger partial charge in [-0.15, -0.1) is 0 Å². The minimum atomic E-state index is -0.253. The summed E-state index contributed by atoms with van der Waals surface area (Å²) in [6, 6.07) is 13.2. The Morgan fingerprint density at radius 2 is 1.91 bits per heavy atom. The largest absolute Gasteiger partial charge is 0.497 e. The lowest BCUT2D eigenvalue weighted by Crippen LogP contribution is -2.36. The number of hydrogen-bond donors (Lipinski definition) is 1. The summed E-state index contributed by atoms with van der Waals surface area (Å²) in [5.74, 6) is 1.59. The van der Waals surface area contributed by atoms with E-state index in [0.717, 1.165) is 22.3 Å². The first-order valence-corrected chi connectivity index (χ1v) is 10.8. The molecule has 7 heteroatoms. The number of nitrogens with one attached hydrogen (secondary N) is 1. The smallest absolute Gasteiger partial charge is 0.287 e. The van der Waals surface area contributed by atoms with Crippen molar-refractivity contribution < 1.29 is 23.5 Å². The van der Waals surface area contributed by atoms with Gasteiger partial charge in [0, 0.05) is 42.6 Å². The molecule has 1 aliphatic rings. The number of rotatable bonds is 6. The number of nitrogens with zero attached hydrogens (tertiary/aromatic N) is 1. The highest BCUT2D eigenvalue weighted by atomic mass is 16.5. The van der Waals surface area contributed by atoms with Crippen LogP contribution >= 0.6 is 0 Å². The molecule has 4 rings (SSSR count).